The minimum absolute atomic E-state index is 0.104. The smallest absolute Gasteiger partial charge is 0.209 e. The van der Waals surface area contributed by atoms with E-state index in [-0.39, 0.29) is 5.75 Å². The van der Waals surface area contributed by atoms with Gasteiger partial charge in [0.05, 0.1) is 5.75 Å². The number of nitrogens with zero attached hydrogens (tertiary/aromatic N) is 1. The second kappa shape index (κ2) is 5.27. The van der Waals surface area contributed by atoms with E-state index in [2.05, 4.69) is 18.7 Å². The average Bonchev–Trinajstić information content (AvgIpc) is 2.46. The second-order valence-corrected chi connectivity index (χ2v) is 6.18. The Morgan fingerprint density at radius 3 is 2.60 bits per heavy atom. The molecule has 0 aromatic heterocycles. The molecular formula is C10H22N2O2S. The summed E-state index contributed by atoms with van der Waals surface area (Å²) in [4.78, 5) is 2.42. The van der Waals surface area contributed by atoms with Crippen LogP contribution in [-0.2, 0) is 10.0 Å². The minimum Gasteiger partial charge on any atom is -0.298 e. The molecule has 0 aromatic carbocycles. The molecule has 0 spiro atoms. The first kappa shape index (κ1) is 12.9. The van der Waals surface area contributed by atoms with E-state index in [1.807, 2.05) is 0 Å². The summed E-state index contributed by atoms with van der Waals surface area (Å²) in [6, 6.07) is 1.23. The summed E-state index contributed by atoms with van der Waals surface area (Å²) in [5.74, 6) is 0.104. The van der Waals surface area contributed by atoms with Gasteiger partial charge in [0.1, 0.15) is 0 Å². The van der Waals surface area contributed by atoms with E-state index in [0.29, 0.717) is 18.5 Å². The predicted molar refractivity (Wildman–Crippen MR) is 62.1 cm³/mol. The van der Waals surface area contributed by atoms with Gasteiger partial charge in [-0.25, -0.2) is 13.6 Å². The van der Waals surface area contributed by atoms with Crippen molar-refractivity contribution in [3.8, 4) is 0 Å². The van der Waals surface area contributed by atoms with Gasteiger partial charge < -0.3 is 0 Å². The Hall–Kier alpha value is -0.130. The van der Waals surface area contributed by atoms with Crippen molar-refractivity contribution < 1.29 is 8.42 Å². The predicted octanol–water partition coefficient (Wildman–Crippen LogP) is 0.928. The van der Waals surface area contributed by atoms with E-state index in [1.165, 1.54) is 12.8 Å². The van der Waals surface area contributed by atoms with Gasteiger partial charge in [0, 0.05) is 12.1 Å². The van der Waals surface area contributed by atoms with Crippen LogP contribution in [0.1, 0.15) is 39.5 Å². The highest BCUT2D eigenvalue weighted by atomic mass is 32.2. The van der Waals surface area contributed by atoms with Crippen molar-refractivity contribution in [1.82, 2.24) is 4.90 Å². The zero-order valence-corrected chi connectivity index (χ0v) is 10.5. The van der Waals surface area contributed by atoms with Crippen molar-refractivity contribution in [2.45, 2.75) is 51.6 Å². The molecule has 0 aromatic rings. The first-order chi connectivity index (χ1) is 6.94. The van der Waals surface area contributed by atoms with Gasteiger partial charge in [0.15, 0.2) is 0 Å². The number of likely N-dealkylation sites (tertiary alicyclic amines) is 1. The quantitative estimate of drug-likeness (QED) is 0.769. The van der Waals surface area contributed by atoms with Crippen molar-refractivity contribution in [2.75, 3.05) is 12.3 Å². The molecule has 0 aliphatic carbocycles. The Morgan fingerprint density at radius 2 is 2.07 bits per heavy atom. The summed E-state index contributed by atoms with van der Waals surface area (Å²) in [5, 5.41) is 4.98. The lowest BCUT2D eigenvalue weighted by Crippen LogP contribution is -2.36. The maximum absolute atomic E-state index is 10.8. The molecule has 0 radical (unpaired) electrons. The van der Waals surface area contributed by atoms with Crippen molar-refractivity contribution in [1.29, 1.82) is 0 Å². The summed E-state index contributed by atoms with van der Waals surface area (Å²) < 4.78 is 21.6. The van der Waals surface area contributed by atoms with E-state index in [4.69, 9.17) is 5.14 Å². The number of rotatable bonds is 5. The molecule has 90 valence electrons. The van der Waals surface area contributed by atoms with Gasteiger partial charge in [0.25, 0.3) is 0 Å². The standard InChI is InChI=1S/C10H22N2O2S/c1-3-10-6-5-9(2)12(10)7-4-8-15(11,13)14/h9-10H,3-8H2,1-2H3,(H2,11,13,14). The summed E-state index contributed by atoms with van der Waals surface area (Å²) in [6.45, 7) is 5.26. The summed E-state index contributed by atoms with van der Waals surface area (Å²) in [6.07, 6.45) is 4.28. The molecule has 1 aliphatic heterocycles. The first-order valence-corrected chi connectivity index (χ1v) is 7.41. The monoisotopic (exact) mass is 234 g/mol. The highest BCUT2D eigenvalue weighted by Crippen LogP contribution is 2.25. The minimum atomic E-state index is -3.28. The third kappa shape index (κ3) is 4.09. The largest absolute Gasteiger partial charge is 0.298 e. The fourth-order valence-electron chi connectivity index (χ4n) is 2.42. The molecule has 1 aliphatic rings. The van der Waals surface area contributed by atoms with Crippen molar-refractivity contribution in [3.05, 3.63) is 0 Å². The highest BCUT2D eigenvalue weighted by Gasteiger charge is 2.28. The van der Waals surface area contributed by atoms with Gasteiger partial charge in [-0.15, -0.1) is 0 Å². The van der Waals surface area contributed by atoms with Gasteiger partial charge in [-0.05, 0) is 39.2 Å². The molecule has 0 amide bonds. The zero-order valence-electron chi connectivity index (χ0n) is 9.65. The number of nitrogens with two attached hydrogens (primary N) is 1. The lowest BCUT2D eigenvalue weighted by molar-refractivity contribution is 0.199. The van der Waals surface area contributed by atoms with Gasteiger partial charge in [-0.2, -0.15) is 0 Å². The summed E-state index contributed by atoms with van der Waals surface area (Å²) in [5.41, 5.74) is 0. The topological polar surface area (TPSA) is 63.4 Å². The number of hydrogen-bond donors (Lipinski definition) is 1. The van der Waals surface area contributed by atoms with Crippen LogP contribution in [0.25, 0.3) is 0 Å². The molecule has 1 saturated heterocycles. The van der Waals surface area contributed by atoms with Crippen LogP contribution in [0.5, 0.6) is 0 Å². The van der Waals surface area contributed by atoms with Gasteiger partial charge >= 0.3 is 0 Å². The molecule has 2 N–H and O–H groups in total. The fraction of sp³-hybridized carbons (Fsp3) is 1.00. The van der Waals surface area contributed by atoms with Crippen LogP contribution in [0.3, 0.4) is 0 Å². The third-order valence-electron chi connectivity index (χ3n) is 3.27. The first-order valence-electron chi connectivity index (χ1n) is 5.70. The van der Waals surface area contributed by atoms with Crippen LogP contribution in [0.15, 0.2) is 0 Å². The Balaban J connectivity index is 2.36. The van der Waals surface area contributed by atoms with Crippen LogP contribution in [-0.4, -0.2) is 37.7 Å². The molecule has 5 heteroatoms. The highest BCUT2D eigenvalue weighted by molar-refractivity contribution is 7.89. The molecule has 1 fully saturated rings. The molecule has 2 atom stereocenters. The van der Waals surface area contributed by atoms with Crippen LogP contribution in [0, 0.1) is 0 Å². The Kier molecular flexibility index (Phi) is 4.55. The number of sulfonamides is 1. The van der Waals surface area contributed by atoms with Crippen LogP contribution in [0.4, 0.5) is 0 Å². The maximum Gasteiger partial charge on any atom is 0.209 e. The number of primary sulfonamides is 1. The van der Waals surface area contributed by atoms with Crippen LogP contribution in [0.2, 0.25) is 0 Å². The van der Waals surface area contributed by atoms with E-state index >= 15 is 0 Å². The molecular weight excluding hydrogens is 212 g/mol. The van der Waals surface area contributed by atoms with E-state index in [0.717, 1.165) is 13.0 Å². The fourth-order valence-corrected chi connectivity index (χ4v) is 2.95. The summed E-state index contributed by atoms with van der Waals surface area (Å²) in [7, 11) is -3.28. The maximum atomic E-state index is 10.8. The van der Waals surface area contributed by atoms with Gasteiger partial charge in [-0.3, -0.25) is 4.90 Å². The Bertz CT molecular complexity index is 290. The van der Waals surface area contributed by atoms with Gasteiger partial charge in [0.2, 0.25) is 10.0 Å². The van der Waals surface area contributed by atoms with E-state index in [1.54, 1.807) is 0 Å². The normalized spacial score (nSPS) is 28.5. The third-order valence-corrected chi connectivity index (χ3v) is 4.13. The molecule has 2 unspecified atom stereocenters. The van der Waals surface area contributed by atoms with Crippen LogP contribution < -0.4 is 5.14 Å². The second-order valence-electron chi connectivity index (χ2n) is 4.45. The Morgan fingerprint density at radius 1 is 1.40 bits per heavy atom. The number of hydrogen-bond acceptors (Lipinski definition) is 3. The SMILES string of the molecule is CCC1CCC(C)N1CCCS(N)(=O)=O. The molecule has 15 heavy (non-hydrogen) atoms. The average molecular weight is 234 g/mol. The van der Waals surface area contributed by atoms with E-state index < -0.39 is 10.0 Å². The van der Waals surface area contributed by atoms with Crippen molar-refractivity contribution in [2.24, 2.45) is 5.14 Å². The van der Waals surface area contributed by atoms with Crippen molar-refractivity contribution >= 4 is 10.0 Å². The lowest BCUT2D eigenvalue weighted by atomic mass is 10.1. The molecule has 4 nitrogen and oxygen atoms in total. The molecule has 1 heterocycles. The van der Waals surface area contributed by atoms with Crippen molar-refractivity contribution in [3.63, 3.8) is 0 Å². The Labute approximate surface area is 92.9 Å². The van der Waals surface area contributed by atoms with Crippen LogP contribution >= 0.6 is 0 Å². The van der Waals surface area contributed by atoms with Gasteiger partial charge in [-0.1, -0.05) is 6.92 Å². The summed E-state index contributed by atoms with van der Waals surface area (Å²) >= 11 is 0. The van der Waals surface area contributed by atoms with E-state index in [9.17, 15) is 8.42 Å². The molecule has 0 bridgehead atoms. The molecule has 0 saturated carbocycles. The zero-order chi connectivity index (χ0) is 11.5. The molecule has 1 rings (SSSR count). The lowest BCUT2D eigenvalue weighted by Gasteiger charge is -2.27.